The number of carbonyl (C=O) groups is 1. The maximum Gasteiger partial charge on any atom is 0.263 e. The van der Waals surface area contributed by atoms with Crippen molar-refractivity contribution in [3.05, 3.63) is 71.2 Å². The maximum absolute atomic E-state index is 12.2. The average molecular weight is 364 g/mol. The van der Waals surface area contributed by atoms with Crippen LogP contribution in [-0.4, -0.2) is 17.5 Å². The van der Waals surface area contributed by atoms with Gasteiger partial charge in [0.15, 0.2) is 0 Å². The van der Waals surface area contributed by atoms with Crippen molar-refractivity contribution in [2.24, 2.45) is 0 Å². The van der Waals surface area contributed by atoms with E-state index < -0.39 is 5.91 Å². The number of benzene rings is 1. The molecule has 1 amide bonds. The summed E-state index contributed by atoms with van der Waals surface area (Å²) in [5.74, 6) is 0.353. The van der Waals surface area contributed by atoms with Gasteiger partial charge in [0, 0.05) is 30.7 Å². The molecular weight excluding hydrogens is 340 g/mol. The van der Waals surface area contributed by atoms with E-state index in [0.29, 0.717) is 13.2 Å². The lowest BCUT2D eigenvalue weighted by Gasteiger charge is -2.18. The minimum Gasteiger partial charge on any atom is -0.494 e. The van der Waals surface area contributed by atoms with Crippen molar-refractivity contribution in [2.75, 3.05) is 6.61 Å². The van der Waals surface area contributed by atoms with Gasteiger partial charge in [-0.25, -0.2) is 0 Å². The zero-order valence-electron chi connectivity index (χ0n) is 15.8. The summed E-state index contributed by atoms with van der Waals surface area (Å²) < 4.78 is 5.67. The molecular formula is C21H24N4O2. The summed E-state index contributed by atoms with van der Waals surface area (Å²) >= 11 is 0. The van der Waals surface area contributed by atoms with Crippen LogP contribution in [0.25, 0.3) is 0 Å². The highest BCUT2D eigenvalue weighted by Crippen LogP contribution is 2.26. The molecule has 0 aliphatic carbocycles. The number of carbonyl (C=O) groups excluding carboxylic acids is 1. The quantitative estimate of drug-likeness (QED) is 0.555. The zero-order valence-corrected chi connectivity index (χ0v) is 15.8. The fourth-order valence-corrected chi connectivity index (χ4v) is 2.52. The van der Waals surface area contributed by atoms with Crippen LogP contribution in [0.1, 0.15) is 36.6 Å². The van der Waals surface area contributed by atoms with Gasteiger partial charge in [-0.3, -0.25) is 9.78 Å². The van der Waals surface area contributed by atoms with Crippen LogP contribution in [0.4, 0.5) is 0 Å². The number of nitrogens with zero attached hydrogens (tertiary/aromatic N) is 2. The topological polar surface area (TPSA) is 87.0 Å². The fraction of sp³-hybridized carbons (Fsp3) is 0.286. The molecule has 0 aliphatic rings. The third-order valence-corrected chi connectivity index (χ3v) is 3.95. The van der Waals surface area contributed by atoms with E-state index in [0.717, 1.165) is 22.4 Å². The lowest BCUT2D eigenvalue weighted by atomic mass is 10.0. The molecule has 1 atom stereocenters. The second-order valence-electron chi connectivity index (χ2n) is 6.08. The van der Waals surface area contributed by atoms with Crippen molar-refractivity contribution in [3.63, 3.8) is 0 Å². The largest absolute Gasteiger partial charge is 0.494 e. The van der Waals surface area contributed by atoms with Gasteiger partial charge in [-0.15, -0.1) is 0 Å². The second-order valence-corrected chi connectivity index (χ2v) is 6.08. The molecule has 0 fully saturated rings. The summed E-state index contributed by atoms with van der Waals surface area (Å²) in [7, 11) is 0. The van der Waals surface area contributed by atoms with Crippen LogP contribution in [0.15, 0.2) is 54.5 Å². The predicted octanol–water partition coefficient (Wildman–Crippen LogP) is 3.16. The molecule has 0 spiro atoms. The van der Waals surface area contributed by atoms with E-state index >= 15 is 0 Å². The summed E-state index contributed by atoms with van der Waals surface area (Å²) in [4.78, 5) is 16.2. The first kappa shape index (κ1) is 20.0. The van der Waals surface area contributed by atoms with E-state index in [-0.39, 0.29) is 11.6 Å². The van der Waals surface area contributed by atoms with E-state index in [4.69, 9.17) is 4.74 Å². The van der Waals surface area contributed by atoms with Crippen LogP contribution in [0, 0.1) is 18.3 Å². The van der Waals surface area contributed by atoms with Crippen molar-refractivity contribution < 1.29 is 9.53 Å². The average Bonchev–Trinajstić information content (AvgIpc) is 2.69. The van der Waals surface area contributed by atoms with Gasteiger partial charge in [-0.05, 0) is 38.5 Å². The van der Waals surface area contributed by atoms with Crippen LogP contribution in [0.5, 0.6) is 5.75 Å². The third kappa shape index (κ3) is 5.86. The van der Waals surface area contributed by atoms with Crippen LogP contribution in [-0.2, 0) is 11.3 Å². The molecule has 6 heteroatoms. The van der Waals surface area contributed by atoms with Crippen molar-refractivity contribution in [3.8, 4) is 11.8 Å². The Hall–Kier alpha value is -3.33. The molecule has 2 aromatic rings. The van der Waals surface area contributed by atoms with Crippen molar-refractivity contribution >= 4 is 5.91 Å². The third-order valence-electron chi connectivity index (χ3n) is 3.95. The number of aromatic nitrogens is 1. The van der Waals surface area contributed by atoms with Gasteiger partial charge in [0.2, 0.25) is 0 Å². The molecule has 1 unspecified atom stereocenters. The van der Waals surface area contributed by atoms with Gasteiger partial charge in [0.05, 0.1) is 12.6 Å². The number of pyridine rings is 1. The first-order chi connectivity index (χ1) is 13.0. The van der Waals surface area contributed by atoms with Gasteiger partial charge in [-0.2, -0.15) is 5.26 Å². The molecule has 6 nitrogen and oxygen atoms in total. The van der Waals surface area contributed by atoms with Gasteiger partial charge >= 0.3 is 0 Å². The molecule has 2 N–H and O–H groups in total. The SMILES string of the molecule is CCOc1ccc(C)cc1C(C)N/C=C(/C#N)C(=O)NCc1cccnc1. The van der Waals surface area contributed by atoms with Crippen LogP contribution < -0.4 is 15.4 Å². The van der Waals surface area contributed by atoms with Crippen molar-refractivity contribution in [1.82, 2.24) is 15.6 Å². The number of rotatable bonds is 8. The summed E-state index contributed by atoms with van der Waals surface area (Å²) in [5.41, 5.74) is 2.96. The summed E-state index contributed by atoms with van der Waals surface area (Å²) in [6.45, 7) is 6.78. The van der Waals surface area contributed by atoms with E-state index in [2.05, 4.69) is 15.6 Å². The van der Waals surface area contributed by atoms with Crippen molar-refractivity contribution in [1.29, 1.82) is 5.26 Å². The Morgan fingerprint density at radius 1 is 1.41 bits per heavy atom. The lowest BCUT2D eigenvalue weighted by molar-refractivity contribution is -0.117. The number of amides is 1. The first-order valence-electron chi connectivity index (χ1n) is 8.82. The Balaban J connectivity index is 2.04. The van der Waals surface area contributed by atoms with E-state index in [1.165, 1.54) is 6.20 Å². The van der Waals surface area contributed by atoms with Crippen LogP contribution in [0.3, 0.4) is 0 Å². The van der Waals surface area contributed by atoms with E-state index in [1.807, 2.05) is 51.1 Å². The van der Waals surface area contributed by atoms with Gasteiger partial charge < -0.3 is 15.4 Å². The second kappa shape index (κ2) is 9.97. The van der Waals surface area contributed by atoms with Gasteiger partial charge in [0.25, 0.3) is 5.91 Å². The molecule has 140 valence electrons. The molecule has 1 aromatic heterocycles. The summed E-state index contributed by atoms with van der Waals surface area (Å²) in [6.07, 6.45) is 4.78. The standard InChI is InChI=1S/C21H24N4O2/c1-4-27-20-8-7-15(2)10-19(20)16(3)24-14-18(11-22)21(26)25-13-17-6-5-9-23-12-17/h5-10,12,14,16,24H,4,13H2,1-3H3,(H,25,26)/b18-14-. The molecule has 1 aromatic carbocycles. The highest BCUT2D eigenvalue weighted by atomic mass is 16.5. The Morgan fingerprint density at radius 2 is 2.22 bits per heavy atom. The minimum atomic E-state index is -0.435. The first-order valence-corrected chi connectivity index (χ1v) is 8.82. The number of hydrogen-bond acceptors (Lipinski definition) is 5. The highest BCUT2D eigenvalue weighted by Gasteiger charge is 2.13. The Bertz CT molecular complexity index is 841. The molecule has 0 aliphatic heterocycles. The molecule has 0 saturated carbocycles. The minimum absolute atomic E-state index is 0.0105. The normalized spacial score (nSPS) is 12.0. The van der Waals surface area contributed by atoms with Gasteiger partial charge in [0.1, 0.15) is 17.4 Å². The Kier molecular flexibility index (Phi) is 7.38. The summed E-state index contributed by atoms with van der Waals surface area (Å²) in [5, 5.41) is 15.1. The number of aryl methyl sites for hydroxylation is 1. The predicted molar refractivity (Wildman–Crippen MR) is 104 cm³/mol. The van der Waals surface area contributed by atoms with Crippen molar-refractivity contribution in [2.45, 2.75) is 33.4 Å². The monoisotopic (exact) mass is 364 g/mol. The van der Waals surface area contributed by atoms with E-state index in [1.54, 1.807) is 18.5 Å². The maximum atomic E-state index is 12.2. The molecule has 0 radical (unpaired) electrons. The number of ether oxygens (including phenoxy) is 1. The number of nitriles is 1. The van der Waals surface area contributed by atoms with Gasteiger partial charge in [-0.1, -0.05) is 23.8 Å². The highest BCUT2D eigenvalue weighted by molar-refractivity contribution is 5.97. The van der Waals surface area contributed by atoms with Crippen LogP contribution >= 0.6 is 0 Å². The fourth-order valence-electron chi connectivity index (χ4n) is 2.52. The Morgan fingerprint density at radius 3 is 2.89 bits per heavy atom. The molecule has 2 rings (SSSR count). The smallest absolute Gasteiger partial charge is 0.263 e. The molecule has 1 heterocycles. The molecule has 0 bridgehead atoms. The Labute approximate surface area is 159 Å². The van der Waals surface area contributed by atoms with Crippen LogP contribution in [0.2, 0.25) is 0 Å². The lowest BCUT2D eigenvalue weighted by Crippen LogP contribution is -2.25. The summed E-state index contributed by atoms with van der Waals surface area (Å²) in [6, 6.07) is 11.4. The zero-order chi connectivity index (χ0) is 19.6. The van der Waals surface area contributed by atoms with E-state index in [9.17, 15) is 10.1 Å². The molecule has 27 heavy (non-hydrogen) atoms. The number of nitrogens with one attached hydrogen (secondary N) is 2. The number of hydrogen-bond donors (Lipinski definition) is 2. The molecule has 0 saturated heterocycles.